The minimum absolute atomic E-state index is 0.360. The van der Waals surface area contributed by atoms with Crippen molar-refractivity contribution in [2.24, 2.45) is 0 Å². The zero-order chi connectivity index (χ0) is 25.9. The van der Waals surface area contributed by atoms with E-state index in [0.29, 0.717) is 17.0 Å². The van der Waals surface area contributed by atoms with E-state index >= 15 is 0 Å². The molecule has 0 aliphatic rings. The lowest BCUT2D eigenvalue weighted by Gasteiger charge is -2.26. The third-order valence-corrected chi connectivity index (χ3v) is 6.95. The summed E-state index contributed by atoms with van der Waals surface area (Å²) in [6, 6.07) is 19.0. The van der Waals surface area contributed by atoms with E-state index in [1.165, 1.54) is 19.1 Å². The molecule has 1 N–H and O–H groups in total. The third kappa shape index (κ3) is 6.41. The number of benzene rings is 3. The molecular formula is C25H23F4N3O3S. The Balaban J connectivity index is 1.58. The van der Waals surface area contributed by atoms with Crippen molar-refractivity contribution in [1.29, 1.82) is 0 Å². The Bertz CT molecular complexity index is 1420. The summed E-state index contributed by atoms with van der Waals surface area (Å²) >= 11 is 0. The standard InChI is InChI=1S/C25H23F4N3O3S/c1-17(31-36(33,34)14-13-25(27,28)29)24(18-5-3-2-4-6-18)35-22-11-12-23-19(15-22)16-30-32(23)21-9-7-20(26)8-10-21/h2-12,15-17,24,31H,13-14H2,1H3/t17-,24-/m0/s1. The van der Waals surface area contributed by atoms with Crippen LogP contribution < -0.4 is 9.46 Å². The van der Waals surface area contributed by atoms with Gasteiger partial charge in [-0.25, -0.2) is 22.2 Å². The molecule has 0 spiro atoms. The number of alkyl halides is 3. The van der Waals surface area contributed by atoms with Crippen molar-refractivity contribution in [2.75, 3.05) is 5.75 Å². The summed E-state index contributed by atoms with van der Waals surface area (Å²) in [5.74, 6) is -1.02. The molecule has 0 aliphatic heterocycles. The number of nitrogens with one attached hydrogen (secondary N) is 1. The molecular weight excluding hydrogens is 498 g/mol. The van der Waals surface area contributed by atoms with Crippen LogP contribution in [0, 0.1) is 5.82 Å². The molecule has 0 saturated heterocycles. The first-order valence-electron chi connectivity index (χ1n) is 11.0. The summed E-state index contributed by atoms with van der Waals surface area (Å²) in [5.41, 5.74) is 2.06. The fourth-order valence-corrected chi connectivity index (χ4v) is 5.08. The van der Waals surface area contributed by atoms with E-state index in [1.54, 1.807) is 71.5 Å². The van der Waals surface area contributed by atoms with Gasteiger partial charge in [0.25, 0.3) is 0 Å². The lowest BCUT2D eigenvalue weighted by molar-refractivity contribution is -0.130. The monoisotopic (exact) mass is 521 g/mol. The number of aromatic nitrogens is 2. The van der Waals surface area contributed by atoms with E-state index in [9.17, 15) is 26.0 Å². The maximum absolute atomic E-state index is 13.3. The molecule has 0 aliphatic carbocycles. The minimum Gasteiger partial charge on any atom is -0.484 e. The normalized spacial score (nSPS) is 14.0. The van der Waals surface area contributed by atoms with Crippen LogP contribution in [0.5, 0.6) is 5.75 Å². The highest BCUT2D eigenvalue weighted by Crippen LogP contribution is 2.29. The van der Waals surface area contributed by atoms with Crippen LogP contribution in [0.15, 0.2) is 79.0 Å². The Hall–Kier alpha value is -3.44. The predicted molar refractivity (Wildman–Crippen MR) is 128 cm³/mol. The van der Waals surface area contributed by atoms with Gasteiger partial charge in [0, 0.05) is 5.39 Å². The number of sulfonamides is 1. The average molecular weight is 522 g/mol. The molecule has 3 aromatic carbocycles. The molecule has 0 saturated carbocycles. The van der Waals surface area contributed by atoms with Crippen LogP contribution in [0.3, 0.4) is 0 Å². The largest absolute Gasteiger partial charge is 0.484 e. The molecule has 0 unspecified atom stereocenters. The van der Waals surface area contributed by atoms with E-state index in [4.69, 9.17) is 4.74 Å². The van der Waals surface area contributed by atoms with Gasteiger partial charge in [0.2, 0.25) is 10.0 Å². The summed E-state index contributed by atoms with van der Waals surface area (Å²) in [5, 5.41) is 5.08. The van der Waals surface area contributed by atoms with Crippen LogP contribution in [0.4, 0.5) is 17.6 Å². The first-order valence-corrected chi connectivity index (χ1v) is 12.7. The van der Waals surface area contributed by atoms with E-state index < -0.39 is 40.5 Å². The average Bonchev–Trinajstić information content (AvgIpc) is 3.25. The van der Waals surface area contributed by atoms with Gasteiger partial charge in [-0.3, -0.25) is 0 Å². The quantitative estimate of drug-likeness (QED) is 0.294. The van der Waals surface area contributed by atoms with Crippen molar-refractivity contribution in [1.82, 2.24) is 14.5 Å². The number of ether oxygens (including phenoxy) is 1. The highest BCUT2D eigenvalue weighted by molar-refractivity contribution is 7.89. The maximum atomic E-state index is 13.3. The molecule has 1 aromatic heterocycles. The van der Waals surface area contributed by atoms with Crippen molar-refractivity contribution in [3.63, 3.8) is 0 Å². The van der Waals surface area contributed by atoms with Crippen molar-refractivity contribution in [2.45, 2.75) is 31.7 Å². The van der Waals surface area contributed by atoms with E-state index in [0.717, 1.165) is 10.9 Å². The molecule has 0 bridgehead atoms. The second kappa shape index (κ2) is 10.3. The van der Waals surface area contributed by atoms with Crippen molar-refractivity contribution in [3.05, 3.63) is 90.4 Å². The second-order valence-electron chi connectivity index (χ2n) is 8.29. The Morgan fingerprint density at radius 1 is 1.03 bits per heavy atom. The van der Waals surface area contributed by atoms with Crippen molar-refractivity contribution in [3.8, 4) is 11.4 Å². The van der Waals surface area contributed by atoms with Gasteiger partial charge in [0.05, 0.1) is 35.6 Å². The number of hydrogen-bond acceptors (Lipinski definition) is 4. The lowest BCUT2D eigenvalue weighted by Crippen LogP contribution is -2.40. The van der Waals surface area contributed by atoms with Gasteiger partial charge in [-0.2, -0.15) is 18.3 Å². The molecule has 1 heterocycles. The summed E-state index contributed by atoms with van der Waals surface area (Å²) < 4.78 is 85.7. The van der Waals surface area contributed by atoms with Crippen LogP contribution in [0.2, 0.25) is 0 Å². The number of nitrogens with zero attached hydrogens (tertiary/aromatic N) is 2. The van der Waals surface area contributed by atoms with Gasteiger partial charge in [0.15, 0.2) is 0 Å². The Labute approximate surface area is 205 Å². The van der Waals surface area contributed by atoms with E-state index in [2.05, 4.69) is 9.82 Å². The van der Waals surface area contributed by atoms with Crippen LogP contribution in [-0.2, 0) is 10.0 Å². The first-order chi connectivity index (χ1) is 17.0. The molecule has 4 rings (SSSR count). The van der Waals surface area contributed by atoms with Gasteiger partial charge >= 0.3 is 6.18 Å². The van der Waals surface area contributed by atoms with Gasteiger partial charge < -0.3 is 4.74 Å². The fraction of sp³-hybridized carbons (Fsp3) is 0.240. The van der Waals surface area contributed by atoms with Crippen LogP contribution in [0.1, 0.15) is 25.0 Å². The second-order valence-corrected chi connectivity index (χ2v) is 10.2. The zero-order valence-electron chi connectivity index (χ0n) is 19.1. The topological polar surface area (TPSA) is 73.2 Å². The van der Waals surface area contributed by atoms with Gasteiger partial charge in [-0.05, 0) is 55.0 Å². The van der Waals surface area contributed by atoms with Gasteiger partial charge in [0.1, 0.15) is 17.7 Å². The molecule has 11 heteroatoms. The molecule has 0 radical (unpaired) electrons. The van der Waals surface area contributed by atoms with Crippen molar-refractivity contribution < 1.29 is 30.7 Å². The molecule has 6 nitrogen and oxygen atoms in total. The summed E-state index contributed by atoms with van der Waals surface area (Å²) in [4.78, 5) is 0. The Morgan fingerprint density at radius 3 is 2.39 bits per heavy atom. The van der Waals surface area contributed by atoms with Crippen molar-refractivity contribution >= 4 is 20.9 Å². The van der Waals surface area contributed by atoms with Gasteiger partial charge in [-0.15, -0.1) is 0 Å². The number of fused-ring (bicyclic) bond motifs is 1. The molecule has 2 atom stereocenters. The Kier molecular flexibility index (Phi) is 7.32. The van der Waals surface area contributed by atoms with E-state index in [1.807, 2.05) is 0 Å². The number of rotatable bonds is 9. The Morgan fingerprint density at radius 2 is 1.72 bits per heavy atom. The van der Waals surface area contributed by atoms with Gasteiger partial charge in [-0.1, -0.05) is 30.3 Å². The fourth-order valence-electron chi connectivity index (χ4n) is 3.77. The zero-order valence-corrected chi connectivity index (χ0v) is 19.9. The summed E-state index contributed by atoms with van der Waals surface area (Å²) in [6.07, 6.45) is -5.23. The molecule has 4 aromatic rings. The molecule has 36 heavy (non-hydrogen) atoms. The molecule has 190 valence electrons. The first kappa shape index (κ1) is 25.6. The summed E-state index contributed by atoms with van der Waals surface area (Å²) in [6.45, 7) is 1.54. The van der Waals surface area contributed by atoms with Crippen LogP contribution in [-0.4, -0.2) is 36.2 Å². The number of hydrogen-bond donors (Lipinski definition) is 1. The highest BCUT2D eigenvalue weighted by atomic mass is 32.2. The third-order valence-electron chi connectivity index (χ3n) is 5.48. The summed E-state index contributed by atoms with van der Waals surface area (Å²) in [7, 11) is -4.21. The minimum atomic E-state index is -4.58. The smallest absolute Gasteiger partial charge is 0.390 e. The number of halogens is 4. The predicted octanol–water partition coefficient (Wildman–Crippen LogP) is 5.55. The SMILES string of the molecule is C[C@H](NS(=O)(=O)CCC(F)(F)F)[C@H](Oc1ccc2c(cnn2-c2ccc(F)cc2)c1)c1ccccc1. The van der Waals surface area contributed by atoms with Crippen LogP contribution >= 0.6 is 0 Å². The maximum Gasteiger partial charge on any atom is 0.390 e. The molecule has 0 amide bonds. The molecule has 0 fully saturated rings. The van der Waals surface area contributed by atoms with E-state index in [-0.39, 0.29) is 5.82 Å². The highest BCUT2D eigenvalue weighted by Gasteiger charge is 2.32. The lowest BCUT2D eigenvalue weighted by atomic mass is 10.0. The van der Waals surface area contributed by atoms with Crippen LogP contribution in [0.25, 0.3) is 16.6 Å².